The van der Waals surface area contributed by atoms with Crippen LogP contribution in [-0.4, -0.2) is 38.5 Å². The molecule has 1 unspecified atom stereocenters. The molecular weight excluding hydrogens is 608 g/mol. The minimum absolute atomic E-state index is 0.156. The molecular formula is C31H27BrN2O6S. The van der Waals surface area contributed by atoms with Gasteiger partial charge in [-0.25, -0.2) is 9.79 Å². The second-order valence-corrected chi connectivity index (χ2v) is 10.8. The summed E-state index contributed by atoms with van der Waals surface area (Å²) in [6.45, 7) is 1.90. The molecule has 1 aliphatic heterocycles. The number of hydrogen-bond acceptors (Lipinski definition) is 8. The molecule has 8 nitrogen and oxygen atoms in total. The third kappa shape index (κ3) is 5.32. The molecule has 0 saturated heterocycles. The topological polar surface area (TPSA) is 88.4 Å². The van der Waals surface area contributed by atoms with E-state index in [9.17, 15) is 9.59 Å². The van der Waals surface area contributed by atoms with E-state index in [-0.39, 0.29) is 17.7 Å². The monoisotopic (exact) mass is 634 g/mol. The molecule has 0 fully saturated rings. The number of aromatic nitrogens is 1. The lowest BCUT2D eigenvalue weighted by atomic mass is 9.92. The van der Waals surface area contributed by atoms with Crippen LogP contribution in [0.5, 0.6) is 17.2 Å². The molecule has 5 rings (SSSR count). The summed E-state index contributed by atoms with van der Waals surface area (Å²) in [5.74, 6) is 0.986. The maximum Gasteiger partial charge on any atom is 0.338 e. The molecule has 0 amide bonds. The molecule has 0 spiro atoms. The Morgan fingerprint density at radius 3 is 2.41 bits per heavy atom. The molecule has 0 aliphatic carbocycles. The summed E-state index contributed by atoms with van der Waals surface area (Å²) in [6.07, 6.45) is 1.80. The molecule has 10 heteroatoms. The van der Waals surface area contributed by atoms with Gasteiger partial charge in [-0.2, -0.15) is 0 Å². The fraction of sp³-hybridized carbons (Fsp3) is 0.194. The van der Waals surface area contributed by atoms with E-state index >= 15 is 0 Å². The number of hydrogen-bond donors (Lipinski definition) is 0. The predicted octanol–water partition coefficient (Wildman–Crippen LogP) is 4.72. The zero-order valence-electron chi connectivity index (χ0n) is 22.8. The van der Waals surface area contributed by atoms with Crippen LogP contribution in [0.2, 0.25) is 0 Å². The van der Waals surface area contributed by atoms with Crippen molar-refractivity contribution in [3.8, 4) is 17.2 Å². The van der Waals surface area contributed by atoms with Gasteiger partial charge in [-0.05, 0) is 52.7 Å². The van der Waals surface area contributed by atoms with Crippen LogP contribution in [0.25, 0.3) is 11.8 Å². The lowest BCUT2D eigenvalue weighted by Crippen LogP contribution is -2.40. The number of para-hydroxylation sites is 1. The third-order valence-electron chi connectivity index (χ3n) is 6.58. The number of ether oxygens (including phenoxy) is 4. The van der Waals surface area contributed by atoms with Crippen LogP contribution in [0.4, 0.5) is 0 Å². The lowest BCUT2D eigenvalue weighted by Gasteiger charge is -2.27. The number of carbonyl (C=O) groups is 1. The Bertz CT molecular complexity index is 1830. The van der Waals surface area contributed by atoms with Gasteiger partial charge in [0.05, 0.1) is 48.2 Å². The lowest BCUT2D eigenvalue weighted by molar-refractivity contribution is -0.138. The molecule has 0 saturated carbocycles. The quantitative estimate of drug-likeness (QED) is 0.261. The van der Waals surface area contributed by atoms with Gasteiger partial charge in [-0.15, -0.1) is 0 Å². The minimum atomic E-state index is -0.893. The highest BCUT2D eigenvalue weighted by molar-refractivity contribution is 9.10. The van der Waals surface area contributed by atoms with Gasteiger partial charge in [-0.1, -0.05) is 59.9 Å². The highest BCUT2D eigenvalue weighted by atomic mass is 79.9. The normalized spacial score (nSPS) is 14.8. The van der Waals surface area contributed by atoms with E-state index in [0.29, 0.717) is 37.8 Å². The number of benzene rings is 3. The van der Waals surface area contributed by atoms with Crippen molar-refractivity contribution in [3.63, 3.8) is 0 Å². The van der Waals surface area contributed by atoms with Crippen LogP contribution in [0, 0.1) is 0 Å². The Kier molecular flexibility index (Phi) is 8.41. The molecule has 0 radical (unpaired) electrons. The Morgan fingerprint density at radius 2 is 1.76 bits per heavy atom. The van der Waals surface area contributed by atoms with Crippen molar-refractivity contribution in [2.24, 2.45) is 4.99 Å². The van der Waals surface area contributed by atoms with Gasteiger partial charge >= 0.3 is 5.97 Å². The van der Waals surface area contributed by atoms with E-state index in [2.05, 4.69) is 15.9 Å². The molecule has 0 bridgehead atoms. The molecule has 1 aromatic heterocycles. The maximum absolute atomic E-state index is 14.1. The first-order valence-electron chi connectivity index (χ1n) is 12.7. The summed E-state index contributed by atoms with van der Waals surface area (Å²) < 4.78 is 25.0. The van der Waals surface area contributed by atoms with Gasteiger partial charge in [0.15, 0.2) is 16.3 Å². The average Bonchev–Trinajstić information content (AvgIpc) is 3.30. The van der Waals surface area contributed by atoms with Crippen LogP contribution in [0.1, 0.15) is 29.7 Å². The first kappa shape index (κ1) is 28.4. The number of esters is 1. The van der Waals surface area contributed by atoms with E-state index in [4.69, 9.17) is 23.9 Å². The van der Waals surface area contributed by atoms with Gasteiger partial charge in [0.2, 0.25) is 0 Å². The summed E-state index contributed by atoms with van der Waals surface area (Å²) in [4.78, 5) is 33.1. The first-order chi connectivity index (χ1) is 19.9. The number of fused-ring (bicyclic) bond motifs is 1. The Labute approximate surface area is 248 Å². The van der Waals surface area contributed by atoms with Crippen molar-refractivity contribution in [1.29, 1.82) is 0 Å². The number of carbonyl (C=O) groups excluding carboxylic acids is 1. The van der Waals surface area contributed by atoms with E-state index < -0.39 is 12.0 Å². The second-order valence-electron chi connectivity index (χ2n) is 8.91. The second kappa shape index (κ2) is 12.2. The zero-order chi connectivity index (χ0) is 29.1. The van der Waals surface area contributed by atoms with Gasteiger partial charge in [-0.3, -0.25) is 9.36 Å². The largest absolute Gasteiger partial charge is 0.496 e. The van der Waals surface area contributed by atoms with Crippen molar-refractivity contribution >= 4 is 45.0 Å². The van der Waals surface area contributed by atoms with Gasteiger partial charge in [0.1, 0.15) is 11.8 Å². The summed E-state index contributed by atoms with van der Waals surface area (Å²) in [7, 11) is 4.66. The van der Waals surface area contributed by atoms with E-state index in [0.717, 1.165) is 15.6 Å². The van der Waals surface area contributed by atoms with Crippen LogP contribution in [0.15, 0.2) is 86.6 Å². The maximum atomic E-state index is 14.1. The molecule has 41 heavy (non-hydrogen) atoms. The Hall–Kier alpha value is -4.15. The van der Waals surface area contributed by atoms with Crippen LogP contribution < -0.4 is 29.1 Å². The average molecular weight is 636 g/mol. The molecule has 210 valence electrons. The summed E-state index contributed by atoms with van der Waals surface area (Å²) >= 11 is 4.75. The van der Waals surface area contributed by atoms with Crippen LogP contribution >= 0.6 is 27.3 Å². The highest BCUT2D eigenvalue weighted by Crippen LogP contribution is 2.42. The predicted molar refractivity (Wildman–Crippen MR) is 161 cm³/mol. The Morgan fingerprint density at radius 1 is 1.00 bits per heavy atom. The molecule has 1 aliphatic rings. The minimum Gasteiger partial charge on any atom is -0.496 e. The number of rotatable bonds is 8. The standard InChI is InChI=1S/C31H27BrN2O6S/c1-5-40-30(36)25-26(19-10-7-6-8-11-19)33-31-34(27(25)20-12-9-13-23(38-3)28(20)39-4)29(35)24(41-31)17-18-14-15-22(37-2)21(32)16-18/h6-17,27H,5H2,1-4H3. The summed E-state index contributed by atoms with van der Waals surface area (Å²) in [5.41, 5.74) is 2.45. The van der Waals surface area contributed by atoms with Crippen molar-refractivity contribution in [3.05, 3.63) is 113 Å². The Balaban J connectivity index is 1.86. The van der Waals surface area contributed by atoms with E-state index in [1.165, 1.54) is 30.1 Å². The number of nitrogens with zero attached hydrogens (tertiary/aromatic N) is 2. The highest BCUT2D eigenvalue weighted by Gasteiger charge is 2.37. The third-order valence-corrected chi connectivity index (χ3v) is 8.18. The zero-order valence-corrected chi connectivity index (χ0v) is 25.2. The summed E-state index contributed by atoms with van der Waals surface area (Å²) in [6, 6.07) is 19.4. The van der Waals surface area contributed by atoms with E-state index in [1.54, 1.807) is 32.2 Å². The van der Waals surface area contributed by atoms with Gasteiger partial charge < -0.3 is 18.9 Å². The van der Waals surface area contributed by atoms with Crippen LogP contribution in [0.3, 0.4) is 0 Å². The van der Waals surface area contributed by atoms with E-state index in [1.807, 2.05) is 54.6 Å². The first-order valence-corrected chi connectivity index (χ1v) is 14.4. The number of methoxy groups -OCH3 is 3. The molecule has 2 heterocycles. The smallest absolute Gasteiger partial charge is 0.338 e. The number of thiazole rings is 1. The van der Waals surface area contributed by atoms with Crippen molar-refractivity contribution in [2.45, 2.75) is 13.0 Å². The molecule has 4 aromatic rings. The van der Waals surface area contributed by atoms with Gasteiger partial charge in [0, 0.05) is 11.1 Å². The molecule has 0 N–H and O–H groups in total. The van der Waals surface area contributed by atoms with Crippen molar-refractivity contribution < 1.29 is 23.7 Å². The molecule has 3 aromatic carbocycles. The SMILES string of the molecule is CCOC(=O)C1=C(c2ccccc2)N=c2sc(=Cc3ccc(OC)c(Br)c3)c(=O)n2C1c1cccc(OC)c1OC. The fourth-order valence-electron chi connectivity index (χ4n) is 4.79. The van der Waals surface area contributed by atoms with Crippen molar-refractivity contribution in [1.82, 2.24) is 4.57 Å². The van der Waals surface area contributed by atoms with Crippen LogP contribution in [-0.2, 0) is 9.53 Å². The fourth-order valence-corrected chi connectivity index (χ4v) is 6.35. The summed E-state index contributed by atoms with van der Waals surface area (Å²) in [5, 5.41) is 0. The van der Waals surface area contributed by atoms with Crippen molar-refractivity contribution in [2.75, 3.05) is 27.9 Å². The molecule has 1 atom stereocenters. The number of halogens is 1. The van der Waals surface area contributed by atoms with Gasteiger partial charge in [0.25, 0.3) is 5.56 Å².